The van der Waals surface area contributed by atoms with Crippen molar-refractivity contribution in [2.24, 2.45) is 0 Å². The minimum atomic E-state index is 0.730. The van der Waals surface area contributed by atoms with Crippen molar-refractivity contribution in [1.29, 1.82) is 0 Å². The van der Waals surface area contributed by atoms with E-state index in [1.54, 1.807) is 0 Å². The molecule has 2 fully saturated rings. The van der Waals surface area contributed by atoms with Crippen molar-refractivity contribution in [2.45, 2.75) is 18.5 Å². The van der Waals surface area contributed by atoms with Crippen molar-refractivity contribution in [3.8, 4) is 0 Å². The van der Waals surface area contributed by atoms with Gasteiger partial charge in [-0.15, -0.1) is 0 Å². The molecule has 2 rings (SSSR count). The molecule has 0 unspecified atom stereocenters. The maximum absolute atomic E-state index is 5.16. The number of hydrogen-bond donors (Lipinski definition) is 1. The molecule has 0 aromatic heterocycles. The summed E-state index contributed by atoms with van der Waals surface area (Å²) in [5, 5.41) is 3.31. The average Bonchev–Trinajstić information content (AvgIpc) is 2.41. The van der Waals surface area contributed by atoms with Crippen molar-refractivity contribution in [3.63, 3.8) is 0 Å². The summed E-state index contributed by atoms with van der Waals surface area (Å²) in [6.07, 6.45) is 1.23. The highest BCUT2D eigenvalue weighted by Crippen LogP contribution is 2.19. The lowest BCUT2D eigenvalue weighted by Crippen LogP contribution is -2.13. The van der Waals surface area contributed by atoms with Crippen molar-refractivity contribution in [1.82, 2.24) is 5.32 Å². The summed E-state index contributed by atoms with van der Waals surface area (Å²) < 4.78 is 5.16. The van der Waals surface area contributed by atoms with Crippen LogP contribution in [0.15, 0.2) is 0 Å². The van der Waals surface area contributed by atoms with E-state index in [4.69, 9.17) is 4.74 Å². The molecule has 2 heterocycles. The molecule has 0 saturated carbocycles. The van der Waals surface area contributed by atoms with Gasteiger partial charge in [0.25, 0.3) is 0 Å². The molecule has 7 heavy (non-hydrogen) atoms. The highest BCUT2D eigenvalue weighted by molar-refractivity contribution is 4.99. The highest BCUT2D eigenvalue weighted by atomic mass is 16.5. The Morgan fingerprint density at radius 2 is 2.43 bits per heavy atom. The molecule has 2 atom stereocenters. The Morgan fingerprint density at radius 3 is 3.00 bits per heavy atom. The van der Waals surface area contributed by atoms with E-state index in [9.17, 15) is 0 Å². The molecule has 0 radical (unpaired) electrons. The maximum atomic E-state index is 5.16. The Hall–Kier alpha value is -0.0800. The number of hydrogen-bond acceptors (Lipinski definition) is 2. The number of rotatable bonds is 0. The lowest BCUT2D eigenvalue weighted by atomic mass is 10.2. The molecule has 2 aliphatic heterocycles. The molecule has 2 saturated heterocycles. The van der Waals surface area contributed by atoms with Crippen LogP contribution < -0.4 is 5.32 Å². The van der Waals surface area contributed by atoms with Crippen LogP contribution in [-0.4, -0.2) is 25.3 Å². The summed E-state index contributed by atoms with van der Waals surface area (Å²) in [5.41, 5.74) is 0. The zero-order valence-electron chi connectivity index (χ0n) is 4.18. The fourth-order valence-electron chi connectivity index (χ4n) is 1.09. The molecule has 0 aromatic carbocycles. The van der Waals surface area contributed by atoms with Gasteiger partial charge in [-0.05, 0) is 6.42 Å². The minimum Gasteiger partial charge on any atom is -0.380 e. The van der Waals surface area contributed by atoms with Gasteiger partial charge in [-0.3, -0.25) is 0 Å². The second-order valence-electron chi connectivity index (χ2n) is 2.24. The normalized spacial score (nSPS) is 48.0. The second-order valence-corrected chi connectivity index (χ2v) is 2.24. The first kappa shape index (κ1) is 3.87. The molecule has 1 N–H and O–H groups in total. The van der Waals surface area contributed by atoms with Crippen LogP contribution in [0.3, 0.4) is 0 Å². The van der Waals surface area contributed by atoms with E-state index in [0.29, 0.717) is 0 Å². The van der Waals surface area contributed by atoms with Gasteiger partial charge in [-0.25, -0.2) is 0 Å². The van der Waals surface area contributed by atoms with Crippen LogP contribution in [0.4, 0.5) is 0 Å². The van der Waals surface area contributed by atoms with Gasteiger partial charge in [0.05, 0.1) is 6.61 Å². The van der Waals surface area contributed by atoms with E-state index in [1.807, 2.05) is 0 Å². The average molecular weight is 99.1 g/mol. The Balaban J connectivity index is 1.95. The number of ether oxygens (including phenoxy) is 1. The van der Waals surface area contributed by atoms with E-state index >= 15 is 0 Å². The second kappa shape index (κ2) is 1.20. The zero-order valence-corrected chi connectivity index (χ0v) is 4.18. The Kier molecular flexibility index (Phi) is 0.664. The monoisotopic (exact) mass is 99.1 g/mol. The van der Waals surface area contributed by atoms with Gasteiger partial charge in [0.1, 0.15) is 0 Å². The topological polar surface area (TPSA) is 31.2 Å². The summed E-state index contributed by atoms with van der Waals surface area (Å²) in [6, 6.07) is 1.56. The predicted octanol–water partition coefficient (Wildman–Crippen LogP) is -0.253. The lowest BCUT2D eigenvalue weighted by molar-refractivity contribution is 0.114. The van der Waals surface area contributed by atoms with Crippen LogP contribution in [-0.2, 0) is 4.74 Å². The summed E-state index contributed by atoms with van der Waals surface area (Å²) in [4.78, 5) is 0. The van der Waals surface area contributed by atoms with Crippen LogP contribution in [0.2, 0.25) is 0 Å². The van der Waals surface area contributed by atoms with Crippen molar-refractivity contribution >= 4 is 0 Å². The number of fused-ring (bicyclic) bond motifs is 1. The van der Waals surface area contributed by atoms with Crippen molar-refractivity contribution in [3.05, 3.63) is 0 Å². The smallest absolute Gasteiger partial charge is 0.0634 e. The molecule has 0 amide bonds. The van der Waals surface area contributed by atoms with Crippen LogP contribution in [0, 0.1) is 0 Å². The van der Waals surface area contributed by atoms with Gasteiger partial charge in [0, 0.05) is 18.7 Å². The third-order valence-corrected chi connectivity index (χ3v) is 1.68. The molecule has 2 heteroatoms. The number of nitrogens with one attached hydrogen (secondary N) is 1. The molecular weight excluding hydrogens is 90.1 g/mol. The summed E-state index contributed by atoms with van der Waals surface area (Å²) in [5.74, 6) is 0. The van der Waals surface area contributed by atoms with E-state index in [2.05, 4.69) is 5.32 Å². The minimum absolute atomic E-state index is 0.730. The predicted molar refractivity (Wildman–Crippen MR) is 26.1 cm³/mol. The Bertz CT molecular complexity index is 74.1. The van der Waals surface area contributed by atoms with Crippen LogP contribution in [0.25, 0.3) is 0 Å². The lowest BCUT2D eigenvalue weighted by Gasteiger charge is -2.05. The fourth-order valence-corrected chi connectivity index (χ4v) is 1.09. The first-order valence-corrected chi connectivity index (χ1v) is 2.80. The molecule has 0 spiro atoms. The van der Waals surface area contributed by atoms with E-state index in [0.717, 1.165) is 25.3 Å². The van der Waals surface area contributed by atoms with Gasteiger partial charge >= 0.3 is 0 Å². The van der Waals surface area contributed by atoms with Crippen LogP contribution in [0.1, 0.15) is 6.42 Å². The van der Waals surface area contributed by atoms with E-state index in [1.165, 1.54) is 6.42 Å². The fraction of sp³-hybridized carbons (Fsp3) is 1.00. The van der Waals surface area contributed by atoms with Crippen molar-refractivity contribution < 1.29 is 4.74 Å². The summed E-state index contributed by atoms with van der Waals surface area (Å²) in [6.45, 7) is 1.92. The molecule has 0 aromatic rings. The maximum Gasteiger partial charge on any atom is 0.0634 e. The first-order valence-electron chi connectivity index (χ1n) is 2.80. The van der Waals surface area contributed by atoms with E-state index < -0.39 is 0 Å². The summed E-state index contributed by atoms with van der Waals surface area (Å²) in [7, 11) is 0. The van der Waals surface area contributed by atoms with Gasteiger partial charge in [-0.2, -0.15) is 0 Å². The SMILES string of the molecule is C1C[C@@H]2N[C@H]2CO1. The Labute approximate surface area is 42.9 Å². The van der Waals surface area contributed by atoms with Gasteiger partial charge in [0.2, 0.25) is 0 Å². The summed E-state index contributed by atoms with van der Waals surface area (Å²) >= 11 is 0. The molecular formula is C5H9NO. The molecule has 0 aliphatic carbocycles. The largest absolute Gasteiger partial charge is 0.380 e. The third kappa shape index (κ3) is 0.545. The first-order chi connectivity index (χ1) is 3.47. The third-order valence-electron chi connectivity index (χ3n) is 1.68. The van der Waals surface area contributed by atoms with Crippen molar-refractivity contribution in [2.75, 3.05) is 13.2 Å². The quantitative estimate of drug-likeness (QED) is 0.424. The zero-order chi connectivity index (χ0) is 4.69. The van der Waals surface area contributed by atoms with E-state index in [-0.39, 0.29) is 0 Å². The van der Waals surface area contributed by atoms with Gasteiger partial charge in [-0.1, -0.05) is 0 Å². The van der Waals surface area contributed by atoms with Crippen LogP contribution >= 0.6 is 0 Å². The highest BCUT2D eigenvalue weighted by Gasteiger charge is 2.38. The molecule has 0 bridgehead atoms. The standard InChI is InChI=1S/C5H9NO/c1-2-7-3-5-4(1)6-5/h4-6H,1-3H2/t4-,5-/m0/s1. The molecule has 2 aliphatic rings. The van der Waals surface area contributed by atoms with Crippen LogP contribution in [0.5, 0.6) is 0 Å². The molecule has 40 valence electrons. The van der Waals surface area contributed by atoms with Gasteiger partial charge in [0.15, 0.2) is 0 Å². The Morgan fingerprint density at radius 1 is 1.43 bits per heavy atom. The molecule has 2 nitrogen and oxygen atoms in total. The van der Waals surface area contributed by atoms with Gasteiger partial charge < -0.3 is 10.1 Å².